The molecule has 0 aromatic heterocycles. The summed E-state index contributed by atoms with van der Waals surface area (Å²) in [5.74, 6) is 1.66. The van der Waals surface area contributed by atoms with Crippen molar-refractivity contribution in [3.05, 3.63) is 66.4 Å². The van der Waals surface area contributed by atoms with Crippen molar-refractivity contribution in [2.75, 3.05) is 5.32 Å². The van der Waals surface area contributed by atoms with E-state index in [1.54, 1.807) is 0 Å². The van der Waals surface area contributed by atoms with Crippen LogP contribution in [0.2, 0.25) is 0 Å². The number of anilines is 1. The maximum atomic E-state index is 3.98. The van der Waals surface area contributed by atoms with Crippen molar-refractivity contribution in [3.8, 4) is 0 Å². The Balaban J connectivity index is 3.10. The van der Waals surface area contributed by atoms with Crippen molar-refractivity contribution >= 4 is 5.69 Å². The topological polar surface area (TPSA) is 12.0 Å². The van der Waals surface area contributed by atoms with Crippen LogP contribution in [0.3, 0.4) is 0 Å². The van der Waals surface area contributed by atoms with Gasteiger partial charge in [0.15, 0.2) is 0 Å². The Bertz CT molecular complexity index is 494. The van der Waals surface area contributed by atoms with Crippen molar-refractivity contribution in [1.82, 2.24) is 0 Å². The van der Waals surface area contributed by atoms with Crippen LogP contribution in [0.4, 0.5) is 5.69 Å². The quantitative estimate of drug-likeness (QED) is 0.475. The van der Waals surface area contributed by atoms with E-state index in [2.05, 4.69) is 70.8 Å². The number of para-hydroxylation sites is 1. The zero-order valence-corrected chi connectivity index (χ0v) is 14.1. The molecule has 1 heteroatoms. The maximum Gasteiger partial charge on any atom is 0.0384 e. The minimum atomic E-state index is 0.430. The van der Waals surface area contributed by atoms with Crippen molar-refractivity contribution in [2.24, 2.45) is 17.8 Å². The fourth-order valence-electron chi connectivity index (χ4n) is 2.50. The molecule has 0 fully saturated rings. The lowest BCUT2D eigenvalue weighted by Gasteiger charge is -2.27. The maximum absolute atomic E-state index is 3.98. The van der Waals surface area contributed by atoms with Gasteiger partial charge in [0.05, 0.1) is 0 Å². The van der Waals surface area contributed by atoms with Crippen LogP contribution in [0.1, 0.15) is 34.6 Å². The summed E-state index contributed by atoms with van der Waals surface area (Å²) in [6.07, 6.45) is 6.37. The molecule has 0 aliphatic heterocycles. The van der Waals surface area contributed by atoms with Crippen molar-refractivity contribution < 1.29 is 0 Å². The monoisotopic (exact) mass is 283 g/mol. The Morgan fingerprint density at radius 3 is 2.24 bits per heavy atom. The van der Waals surface area contributed by atoms with Crippen LogP contribution in [-0.4, -0.2) is 0 Å². The molecule has 1 nitrogen and oxygen atoms in total. The third-order valence-electron chi connectivity index (χ3n) is 4.20. The predicted molar refractivity (Wildman–Crippen MR) is 95.3 cm³/mol. The van der Waals surface area contributed by atoms with Crippen LogP contribution < -0.4 is 5.32 Å². The SMILES string of the molecule is C=C/C(Nc1ccccc1)=C(/C)[C@@H](/C=C\C)[C@H](C)C(C)C. The summed E-state index contributed by atoms with van der Waals surface area (Å²) < 4.78 is 0. The lowest BCUT2D eigenvalue weighted by molar-refractivity contribution is 0.354. The number of hydrogen-bond acceptors (Lipinski definition) is 1. The molecule has 0 spiro atoms. The van der Waals surface area contributed by atoms with Gasteiger partial charge >= 0.3 is 0 Å². The minimum absolute atomic E-state index is 0.430. The molecule has 0 heterocycles. The molecule has 0 aliphatic rings. The van der Waals surface area contributed by atoms with Gasteiger partial charge in [0, 0.05) is 17.3 Å². The lowest BCUT2D eigenvalue weighted by Crippen LogP contribution is -2.18. The number of nitrogens with one attached hydrogen (secondary N) is 1. The second kappa shape index (κ2) is 8.51. The lowest BCUT2D eigenvalue weighted by atomic mass is 9.80. The second-order valence-electron chi connectivity index (χ2n) is 5.95. The van der Waals surface area contributed by atoms with Crippen LogP contribution in [0, 0.1) is 17.8 Å². The van der Waals surface area contributed by atoms with Gasteiger partial charge in [-0.3, -0.25) is 0 Å². The Morgan fingerprint density at radius 1 is 1.14 bits per heavy atom. The molecule has 0 bridgehead atoms. The number of hydrogen-bond donors (Lipinski definition) is 1. The van der Waals surface area contributed by atoms with E-state index in [0.717, 1.165) is 11.4 Å². The van der Waals surface area contributed by atoms with Crippen molar-refractivity contribution in [2.45, 2.75) is 34.6 Å². The molecule has 1 N–H and O–H groups in total. The second-order valence-corrected chi connectivity index (χ2v) is 5.95. The van der Waals surface area contributed by atoms with Crippen molar-refractivity contribution in [1.29, 1.82) is 0 Å². The summed E-state index contributed by atoms with van der Waals surface area (Å²) in [7, 11) is 0. The highest BCUT2D eigenvalue weighted by Gasteiger charge is 2.21. The summed E-state index contributed by atoms with van der Waals surface area (Å²) in [6, 6.07) is 10.3. The van der Waals surface area contributed by atoms with E-state index in [1.807, 2.05) is 24.3 Å². The van der Waals surface area contributed by atoms with Gasteiger partial charge < -0.3 is 5.32 Å². The Kier molecular flexibility index (Phi) is 7.01. The number of benzene rings is 1. The fraction of sp³-hybridized carbons (Fsp3) is 0.400. The van der Waals surface area contributed by atoms with Crippen LogP contribution >= 0.6 is 0 Å². The highest BCUT2D eigenvalue weighted by molar-refractivity contribution is 5.51. The Morgan fingerprint density at radius 2 is 1.76 bits per heavy atom. The van der Waals surface area contributed by atoms with Gasteiger partial charge in [-0.25, -0.2) is 0 Å². The molecule has 114 valence electrons. The van der Waals surface area contributed by atoms with Crippen LogP contribution in [0.15, 0.2) is 66.4 Å². The van der Waals surface area contributed by atoms with E-state index < -0.39 is 0 Å². The van der Waals surface area contributed by atoms with Gasteiger partial charge in [0.2, 0.25) is 0 Å². The largest absolute Gasteiger partial charge is 0.356 e. The highest BCUT2D eigenvalue weighted by Crippen LogP contribution is 2.30. The highest BCUT2D eigenvalue weighted by atomic mass is 14.9. The first kappa shape index (κ1) is 17.3. The molecule has 0 aliphatic carbocycles. The van der Waals surface area contributed by atoms with E-state index in [-0.39, 0.29) is 0 Å². The molecular formula is C20H29N. The van der Waals surface area contributed by atoms with Gasteiger partial charge in [0.25, 0.3) is 0 Å². The average molecular weight is 283 g/mol. The third-order valence-corrected chi connectivity index (χ3v) is 4.20. The van der Waals surface area contributed by atoms with E-state index in [0.29, 0.717) is 17.8 Å². The van der Waals surface area contributed by atoms with E-state index >= 15 is 0 Å². The van der Waals surface area contributed by atoms with Gasteiger partial charge in [-0.2, -0.15) is 0 Å². The molecule has 0 unspecified atom stereocenters. The van der Waals surface area contributed by atoms with Gasteiger partial charge in [-0.05, 0) is 49.5 Å². The average Bonchev–Trinajstić information content (AvgIpc) is 2.49. The van der Waals surface area contributed by atoms with Crippen LogP contribution in [0.25, 0.3) is 0 Å². The molecule has 1 rings (SSSR count). The summed E-state index contributed by atoms with van der Waals surface area (Å²) >= 11 is 0. The summed E-state index contributed by atoms with van der Waals surface area (Å²) in [6.45, 7) is 15.2. The van der Waals surface area contributed by atoms with Gasteiger partial charge in [0.1, 0.15) is 0 Å². The Hall–Kier alpha value is -1.76. The van der Waals surface area contributed by atoms with E-state index in [4.69, 9.17) is 0 Å². The van der Waals surface area contributed by atoms with Gasteiger partial charge in [-0.15, -0.1) is 0 Å². The molecule has 0 saturated carbocycles. The molecule has 0 saturated heterocycles. The molecule has 2 atom stereocenters. The van der Waals surface area contributed by atoms with Crippen LogP contribution in [0.5, 0.6) is 0 Å². The smallest absolute Gasteiger partial charge is 0.0384 e. The van der Waals surface area contributed by atoms with Crippen LogP contribution in [-0.2, 0) is 0 Å². The molecule has 21 heavy (non-hydrogen) atoms. The first-order chi connectivity index (χ1) is 10.0. The first-order valence-electron chi connectivity index (χ1n) is 7.79. The summed E-state index contributed by atoms with van der Waals surface area (Å²) in [4.78, 5) is 0. The zero-order valence-electron chi connectivity index (χ0n) is 14.1. The molecule has 0 amide bonds. The van der Waals surface area contributed by atoms with Crippen molar-refractivity contribution in [3.63, 3.8) is 0 Å². The first-order valence-corrected chi connectivity index (χ1v) is 7.79. The van der Waals surface area contributed by atoms with Gasteiger partial charge in [-0.1, -0.05) is 57.7 Å². The fourth-order valence-corrected chi connectivity index (χ4v) is 2.50. The third kappa shape index (κ3) is 4.93. The standard InChI is InChI=1S/C20H29N/c1-7-12-19(16(5)15(3)4)17(6)20(8-2)21-18-13-10-9-11-14-18/h7-16,19,21H,2H2,1,3-6H3/b12-7-,20-17+/t16-,19+/m1/s1. The zero-order chi connectivity index (χ0) is 15.8. The minimum Gasteiger partial charge on any atom is -0.356 e. The summed E-state index contributed by atoms with van der Waals surface area (Å²) in [5, 5.41) is 3.49. The number of rotatable bonds is 7. The normalized spacial score (nSPS) is 15.7. The van der Waals surface area contributed by atoms with E-state index in [1.165, 1.54) is 5.57 Å². The summed E-state index contributed by atoms with van der Waals surface area (Å²) in [5.41, 5.74) is 3.55. The Labute approximate surface area is 130 Å². The molecular weight excluding hydrogens is 254 g/mol. The van der Waals surface area contributed by atoms with E-state index in [9.17, 15) is 0 Å². The molecule has 1 aromatic carbocycles. The molecule has 1 aromatic rings. The predicted octanol–water partition coefficient (Wildman–Crippen LogP) is 6.04. The number of allylic oxidation sites excluding steroid dienone is 4. The molecule has 0 radical (unpaired) electrons.